The summed E-state index contributed by atoms with van der Waals surface area (Å²) < 4.78 is 5.46. The third-order valence-electron chi connectivity index (χ3n) is 3.25. The average Bonchev–Trinajstić information content (AvgIpc) is 2.31. The van der Waals surface area contributed by atoms with Gasteiger partial charge in [0.05, 0.1) is 7.11 Å². The Morgan fingerprint density at radius 3 is 2.56 bits per heavy atom. The standard InChI is InChI=1S/C15H26N2O/c1-7-16-10-15(4,5)8-13-12(3)14(18-6)11(2)9-17-13/h9,16H,7-8,10H2,1-6H3. The second-order valence-corrected chi connectivity index (χ2v) is 5.67. The number of methoxy groups -OCH3 is 1. The largest absolute Gasteiger partial charge is 0.496 e. The number of rotatable bonds is 6. The smallest absolute Gasteiger partial charge is 0.128 e. The van der Waals surface area contributed by atoms with E-state index in [1.807, 2.05) is 13.1 Å². The summed E-state index contributed by atoms with van der Waals surface area (Å²) in [6, 6.07) is 0. The van der Waals surface area contributed by atoms with Crippen LogP contribution in [0.5, 0.6) is 5.75 Å². The zero-order chi connectivity index (χ0) is 13.8. The highest BCUT2D eigenvalue weighted by molar-refractivity contribution is 5.41. The zero-order valence-electron chi connectivity index (χ0n) is 12.6. The molecule has 0 aliphatic heterocycles. The van der Waals surface area contributed by atoms with Crippen molar-refractivity contribution in [2.45, 2.75) is 41.0 Å². The van der Waals surface area contributed by atoms with Crippen LogP contribution in [0.2, 0.25) is 0 Å². The zero-order valence-corrected chi connectivity index (χ0v) is 12.6. The lowest BCUT2D eigenvalue weighted by Gasteiger charge is -2.25. The molecule has 1 N–H and O–H groups in total. The van der Waals surface area contributed by atoms with E-state index in [0.29, 0.717) is 0 Å². The lowest BCUT2D eigenvalue weighted by atomic mass is 9.86. The van der Waals surface area contributed by atoms with E-state index < -0.39 is 0 Å². The van der Waals surface area contributed by atoms with Gasteiger partial charge in [-0.15, -0.1) is 0 Å². The molecule has 0 aliphatic rings. The number of aromatic nitrogens is 1. The van der Waals surface area contributed by atoms with E-state index in [2.05, 4.69) is 38.0 Å². The topological polar surface area (TPSA) is 34.2 Å². The first-order chi connectivity index (χ1) is 8.41. The van der Waals surface area contributed by atoms with Gasteiger partial charge in [-0.05, 0) is 32.2 Å². The molecule has 1 heterocycles. The van der Waals surface area contributed by atoms with Crippen molar-refractivity contribution in [2.75, 3.05) is 20.2 Å². The van der Waals surface area contributed by atoms with Crippen LogP contribution in [0.4, 0.5) is 0 Å². The minimum atomic E-state index is 0.202. The highest BCUT2D eigenvalue weighted by Gasteiger charge is 2.21. The van der Waals surface area contributed by atoms with Crippen LogP contribution in [-0.4, -0.2) is 25.2 Å². The molecule has 0 fully saturated rings. The molecule has 0 bridgehead atoms. The summed E-state index contributed by atoms with van der Waals surface area (Å²) in [5, 5.41) is 3.41. The first-order valence-corrected chi connectivity index (χ1v) is 6.61. The number of aryl methyl sites for hydroxylation is 1. The molecule has 1 aromatic rings. The maximum atomic E-state index is 5.46. The van der Waals surface area contributed by atoms with Gasteiger partial charge >= 0.3 is 0 Å². The molecule has 0 aromatic carbocycles. The molecule has 0 radical (unpaired) electrons. The van der Waals surface area contributed by atoms with Crippen LogP contribution >= 0.6 is 0 Å². The first-order valence-electron chi connectivity index (χ1n) is 6.61. The Bertz CT molecular complexity index is 400. The summed E-state index contributed by atoms with van der Waals surface area (Å²) in [5.41, 5.74) is 3.61. The minimum absolute atomic E-state index is 0.202. The Hall–Kier alpha value is -1.09. The number of hydrogen-bond donors (Lipinski definition) is 1. The van der Waals surface area contributed by atoms with Crippen LogP contribution in [0, 0.1) is 19.3 Å². The molecule has 0 saturated heterocycles. The number of hydrogen-bond acceptors (Lipinski definition) is 3. The Morgan fingerprint density at radius 1 is 1.33 bits per heavy atom. The molecule has 18 heavy (non-hydrogen) atoms. The van der Waals surface area contributed by atoms with Gasteiger partial charge in [0.25, 0.3) is 0 Å². The van der Waals surface area contributed by atoms with E-state index in [4.69, 9.17) is 4.74 Å². The molecular formula is C15H26N2O. The van der Waals surface area contributed by atoms with Crippen molar-refractivity contribution in [3.8, 4) is 5.75 Å². The number of nitrogens with one attached hydrogen (secondary N) is 1. The highest BCUT2D eigenvalue weighted by Crippen LogP contribution is 2.28. The molecule has 1 rings (SSSR count). The number of nitrogens with zero attached hydrogens (tertiary/aromatic N) is 1. The molecule has 1 aromatic heterocycles. The van der Waals surface area contributed by atoms with E-state index in [9.17, 15) is 0 Å². The molecular weight excluding hydrogens is 224 g/mol. The van der Waals surface area contributed by atoms with E-state index in [1.54, 1.807) is 7.11 Å². The third kappa shape index (κ3) is 3.70. The van der Waals surface area contributed by atoms with Crippen LogP contribution in [0.3, 0.4) is 0 Å². The fourth-order valence-corrected chi connectivity index (χ4v) is 2.23. The minimum Gasteiger partial charge on any atom is -0.496 e. The molecule has 0 amide bonds. The molecule has 102 valence electrons. The van der Waals surface area contributed by atoms with Crippen LogP contribution in [-0.2, 0) is 6.42 Å². The van der Waals surface area contributed by atoms with Crippen LogP contribution in [0.15, 0.2) is 6.20 Å². The van der Waals surface area contributed by atoms with E-state index in [0.717, 1.165) is 36.5 Å². The average molecular weight is 250 g/mol. The monoisotopic (exact) mass is 250 g/mol. The SMILES string of the molecule is CCNCC(C)(C)Cc1ncc(C)c(OC)c1C. The van der Waals surface area contributed by atoms with Gasteiger partial charge in [0.15, 0.2) is 0 Å². The van der Waals surface area contributed by atoms with Gasteiger partial charge in [0, 0.05) is 29.6 Å². The van der Waals surface area contributed by atoms with Gasteiger partial charge in [0.2, 0.25) is 0 Å². The number of ether oxygens (including phenoxy) is 1. The fourth-order valence-electron chi connectivity index (χ4n) is 2.23. The lowest BCUT2D eigenvalue weighted by molar-refractivity contribution is 0.336. The van der Waals surface area contributed by atoms with Crippen molar-refractivity contribution in [3.63, 3.8) is 0 Å². The molecule has 3 nitrogen and oxygen atoms in total. The Kier molecular flexibility index (Phi) is 5.15. The summed E-state index contributed by atoms with van der Waals surface area (Å²) in [6.07, 6.45) is 2.87. The first kappa shape index (κ1) is 15.0. The third-order valence-corrected chi connectivity index (χ3v) is 3.25. The molecule has 0 atom stereocenters. The van der Waals surface area contributed by atoms with Gasteiger partial charge in [0.1, 0.15) is 5.75 Å². The van der Waals surface area contributed by atoms with Crippen LogP contribution in [0.1, 0.15) is 37.6 Å². The molecule has 0 spiro atoms. The summed E-state index contributed by atoms with van der Waals surface area (Å²) in [6.45, 7) is 12.8. The van der Waals surface area contributed by atoms with E-state index >= 15 is 0 Å². The van der Waals surface area contributed by atoms with Crippen molar-refractivity contribution >= 4 is 0 Å². The summed E-state index contributed by atoms with van der Waals surface area (Å²) in [7, 11) is 1.73. The maximum absolute atomic E-state index is 5.46. The summed E-state index contributed by atoms with van der Waals surface area (Å²) in [5.74, 6) is 0.972. The summed E-state index contributed by atoms with van der Waals surface area (Å²) in [4.78, 5) is 4.57. The van der Waals surface area contributed by atoms with Crippen LogP contribution in [0.25, 0.3) is 0 Å². The molecule has 0 aliphatic carbocycles. The normalized spacial score (nSPS) is 11.7. The quantitative estimate of drug-likeness (QED) is 0.843. The van der Waals surface area contributed by atoms with Crippen molar-refractivity contribution in [2.24, 2.45) is 5.41 Å². The molecule has 0 saturated carbocycles. The highest BCUT2D eigenvalue weighted by atomic mass is 16.5. The second-order valence-electron chi connectivity index (χ2n) is 5.67. The van der Waals surface area contributed by atoms with Crippen molar-refractivity contribution in [1.29, 1.82) is 0 Å². The predicted octanol–water partition coefficient (Wildman–Crippen LogP) is 2.89. The Morgan fingerprint density at radius 2 is 2.00 bits per heavy atom. The predicted molar refractivity (Wildman–Crippen MR) is 76.3 cm³/mol. The van der Waals surface area contributed by atoms with Gasteiger partial charge in [-0.2, -0.15) is 0 Å². The van der Waals surface area contributed by atoms with Gasteiger partial charge < -0.3 is 10.1 Å². The number of pyridine rings is 1. The molecule has 3 heteroatoms. The van der Waals surface area contributed by atoms with Gasteiger partial charge in [-0.1, -0.05) is 20.8 Å². The van der Waals surface area contributed by atoms with Gasteiger partial charge in [-0.25, -0.2) is 0 Å². The fraction of sp³-hybridized carbons (Fsp3) is 0.667. The maximum Gasteiger partial charge on any atom is 0.128 e. The van der Waals surface area contributed by atoms with E-state index in [1.165, 1.54) is 5.56 Å². The Labute approximate surface area is 111 Å². The van der Waals surface area contributed by atoms with Crippen molar-refractivity contribution in [1.82, 2.24) is 10.3 Å². The molecule has 0 unspecified atom stereocenters. The van der Waals surface area contributed by atoms with Crippen LogP contribution < -0.4 is 10.1 Å². The second kappa shape index (κ2) is 6.19. The van der Waals surface area contributed by atoms with Gasteiger partial charge in [-0.3, -0.25) is 4.98 Å². The van der Waals surface area contributed by atoms with Crippen molar-refractivity contribution < 1.29 is 4.74 Å². The lowest BCUT2D eigenvalue weighted by Crippen LogP contribution is -2.31. The Balaban J connectivity index is 2.91. The van der Waals surface area contributed by atoms with E-state index in [-0.39, 0.29) is 5.41 Å². The van der Waals surface area contributed by atoms with Crippen molar-refractivity contribution in [3.05, 3.63) is 23.0 Å². The summed E-state index contributed by atoms with van der Waals surface area (Å²) >= 11 is 0.